The highest BCUT2D eigenvalue weighted by molar-refractivity contribution is 7.81. The zero-order valence-corrected chi connectivity index (χ0v) is 8.04. The number of ether oxygens (including phenoxy) is 1. The smallest absolute Gasteiger partial charge is 0.137 e. The van der Waals surface area contributed by atoms with E-state index in [9.17, 15) is 0 Å². The number of methoxy groups -OCH3 is 1. The first-order valence-corrected chi connectivity index (χ1v) is 4.16. The molecule has 65 valence electrons. The molecule has 1 radical (unpaired) electrons. The molecule has 3 heteroatoms. The van der Waals surface area contributed by atoms with Crippen molar-refractivity contribution in [3.05, 3.63) is 30.3 Å². The number of rotatable bonds is 3. The number of nitrogens with zero attached hydrogens (tertiary/aromatic N) is 1. The van der Waals surface area contributed by atoms with E-state index in [1.54, 1.807) is 11.4 Å². The number of anilines is 1. The Kier molecular flexibility index (Phi) is 3.44. The number of hydrogen-bond donors (Lipinski definition) is 0. The number of para-hydroxylation sites is 1. The second-order valence-electron chi connectivity index (χ2n) is 2.50. The van der Waals surface area contributed by atoms with E-state index >= 15 is 0 Å². The normalized spacial score (nSPS) is 12.6. The number of hydrogen-bond acceptors (Lipinski definition) is 2. The molecule has 0 bridgehead atoms. The Hall–Kier alpha value is -0.670. The van der Waals surface area contributed by atoms with Gasteiger partial charge in [-0.2, -0.15) is 0 Å². The van der Waals surface area contributed by atoms with Gasteiger partial charge in [0.15, 0.2) is 0 Å². The van der Waals surface area contributed by atoms with E-state index < -0.39 is 0 Å². The standard InChI is InChI=1S/C9H12NOS/c1-8(11-2)10(12)9-6-4-3-5-7-9/h3-8H,1-2H3. The topological polar surface area (TPSA) is 12.5 Å². The zero-order chi connectivity index (χ0) is 8.97. The second-order valence-corrected chi connectivity index (χ2v) is 2.89. The van der Waals surface area contributed by atoms with Gasteiger partial charge in [0, 0.05) is 19.9 Å². The molecule has 0 aromatic heterocycles. The van der Waals surface area contributed by atoms with Crippen LogP contribution in [-0.2, 0) is 4.74 Å². The summed E-state index contributed by atoms with van der Waals surface area (Å²) in [5, 5.41) is 0. The summed E-state index contributed by atoms with van der Waals surface area (Å²) in [6.07, 6.45) is -0.0672. The van der Waals surface area contributed by atoms with Crippen LogP contribution in [0.1, 0.15) is 6.92 Å². The van der Waals surface area contributed by atoms with Crippen LogP contribution in [0.25, 0.3) is 0 Å². The zero-order valence-electron chi connectivity index (χ0n) is 7.23. The van der Waals surface area contributed by atoms with Gasteiger partial charge in [0.05, 0.1) is 5.69 Å². The average Bonchev–Trinajstić information content (AvgIpc) is 2.17. The SMILES string of the molecule is COC(C)N([S])c1ccccc1. The van der Waals surface area contributed by atoms with Crippen molar-refractivity contribution in [2.45, 2.75) is 13.2 Å². The molecule has 0 saturated heterocycles. The molecule has 1 rings (SSSR count). The highest BCUT2D eigenvalue weighted by Gasteiger charge is 2.08. The van der Waals surface area contributed by atoms with Gasteiger partial charge in [0.2, 0.25) is 0 Å². The van der Waals surface area contributed by atoms with Crippen LogP contribution in [0.2, 0.25) is 0 Å². The fraction of sp³-hybridized carbons (Fsp3) is 0.333. The third kappa shape index (κ3) is 2.16. The Labute approximate surface area is 78.7 Å². The molecule has 0 aliphatic heterocycles. The summed E-state index contributed by atoms with van der Waals surface area (Å²) < 4.78 is 6.75. The van der Waals surface area contributed by atoms with Crippen LogP contribution in [0.3, 0.4) is 0 Å². The monoisotopic (exact) mass is 182 g/mol. The molecule has 1 aromatic rings. The molecule has 0 aliphatic carbocycles. The van der Waals surface area contributed by atoms with Crippen molar-refractivity contribution in [2.24, 2.45) is 0 Å². The lowest BCUT2D eigenvalue weighted by atomic mass is 10.3. The summed E-state index contributed by atoms with van der Waals surface area (Å²) in [4.78, 5) is 0. The molecule has 0 N–H and O–H groups in total. The summed E-state index contributed by atoms with van der Waals surface area (Å²) in [6.45, 7) is 1.92. The van der Waals surface area contributed by atoms with E-state index in [1.165, 1.54) is 0 Å². The molecule has 2 nitrogen and oxygen atoms in total. The van der Waals surface area contributed by atoms with Crippen molar-refractivity contribution in [1.29, 1.82) is 0 Å². The second kappa shape index (κ2) is 4.38. The molecule has 0 amide bonds. The lowest BCUT2D eigenvalue weighted by Crippen LogP contribution is -2.25. The van der Waals surface area contributed by atoms with E-state index in [-0.39, 0.29) is 6.23 Å². The van der Waals surface area contributed by atoms with Gasteiger partial charge in [-0.25, -0.2) is 0 Å². The predicted octanol–water partition coefficient (Wildman–Crippen LogP) is 2.60. The maximum atomic E-state index is 5.13. The van der Waals surface area contributed by atoms with E-state index in [0.29, 0.717) is 0 Å². The van der Waals surface area contributed by atoms with Crippen molar-refractivity contribution in [1.82, 2.24) is 0 Å². The minimum atomic E-state index is -0.0672. The molecule has 12 heavy (non-hydrogen) atoms. The van der Waals surface area contributed by atoms with Crippen LogP contribution in [0.5, 0.6) is 0 Å². The van der Waals surface area contributed by atoms with E-state index in [2.05, 4.69) is 0 Å². The number of benzene rings is 1. The van der Waals surface area contributed by atoms with Gasteiger partial charge in [0.25, 0.3) is 0 Å². The minimum absolute atomic E-state index is 0.0672. The third-order valence-electron chi connectivity index (χ3n) is 1.68. The van der Waals surface area contributed by atoms with Crippen LogP contribution >= 0.6 is 12.8 Å². The molecule has 1 atom stereocenters. The van der Waals surface area contributed by atoms with Crippen LogP contribution < -0.4 is 4.31 Å². The summed E-state index contributed by atoms with van der Waals surface area (Å²) in [6, 6.07) is 9.79. The Morgan fingerprint density at radius 1 is 1.33 bits per heavy atom. The molecule has 0 aliphatic rings. The van der Waals surface area contributed by atoms with E-state index in [1.807, 2.05) is 37.3 Å². The first-order chi connectivity index (χ1) is 5.75. The van der Waals surface area contributed by atoms with Gasteiger partial charge in [-0.1, -0.05) is 18.2 Å². The van der Waals surface area contributed by atoms with Crippen molar-refractivity contribution in [3.63, 3.8) is 0 Å². The molecular weight excluding hydrogens is 170 g/mol. The van der Waals surface area contributed by atoms with Crippen molar-refractivity contribution < 1.29 is 4.74 Å². The fourth-order valence-electron chi connectivity index (χ4n) is 0.881. The predicted molar refractivity (Wildman–Crippen MR) is 53.0 cm³/mol. The lowest BCUT2D eigenvalue weighted by molar-refractivity contribution is 0.130. The quantitative estimate of drug-likeness (QED) is 0.666. The van der Waals surface area contributed by atoms with Crippen molar-refractivity contribution >= 4 is 18.5 Å². The molecule has 0 saturated carbocycles. The Balaban J connectivity index is 2.71. The van der Waals surface area contributed by atoms with Gasteiger partial charge in [-0.15, -0.1) is 0 Å². The summed E-state index contributed by atoms with van der Waals surface area (Å²) in [7, 11) is 1.65. The maximum absolute atomic E-state index is 5.13. The molecule has 1 unspecified atom stereocenters. The molecule has 0 spiro atoms. The van der Waals surface area contributed by atoms with E-state index in [0.717, 1.165) is 5.69 Å². The van der Waals surface area contributed by atoms with Gasteiger partial charge in [-0.3, -0.25) is 4.31 Å². The molecular formula is C9H12NOS. The Bertz CT molecular complexity index is 227. The fourth-order valence-corrected chi connectivity index (χ4v) is 1.09. The van der Waals surface area contributed by atoms with Crippen LogP contribution in [0, 0.1) is 0 Å². The highest BCUT2D eigenvalue weighted by Crippen LogP contribution is 2.18. The summed E-state index contributed by atoms with van der Waals surface area (Å²) >= 11 is 5.13. The van der Waals surface area contributed by atoms with Crippen LogP contribution in [0.15, 0.2) is 30.3 Å². The largest absolute Gasteiger partial charge is 0.361 e. The van der Waals surface area contributed by atoms with Crippen molar-refractivity contribution in [2.75, 3.05) is 11.4 Å². The highest BCUT2D eigenvalue weighted by atomic mass is 32.1. The molecule has 0 heterocycles. The molecule has 0 fully saturated rings. The van der Waals surface area contributed by atoms with Gasteiger partial charge in [-0.05, 0) is 19.1 Å². The molecule has 1 aromatic carbocycles. The maximum Gasteiger partial charge on any atom is 0.137 e. The van der Waals surface area contributed by atoms with Gasteiger partial charge in [0.1, 0.15) is 6.23 Å². The van der Waals surface area contributed by atoms with E-state index in [4.69, 9.17) is 17.6 Å². The van der Waals surface area contributed by atoms with Gasteiger partial charge >= 0.3 is 0 Å². The minimum Gasteiger partial charge on any atom is -0.361 e. The first kappa shape index (κ1) is 9.42. The lowest BCUT2D eigenvalue weighted by Gasteiger charge is -2.22. The van der Waals surface area contributed by atoms with Crippen molar-refractivity contribution in [3.8, 4) is 0 Å². The van der Waals surface area contributed by atoms with Crippen LogP contribution in [-0.4, -0.2) is 13.3 Å². The summed E-state index contributed by atoms with van der Waals surface area (Å²) in [5.41, 5.74) is 0.988. The summed E-state index contributed by atoms with van der Waals surface area (Å²) in [5.74, 6) is 0. The Morgan fingerprint density at radius 3 is 2.42 bits per heavy atom. The van der Waals surface area contributed by atoms with Gasteiger partial charge < -0.3 is 4.74 Å². The first-order valence-electron chi connectivity index (χ1n) is 3.80. The van der Waals surface area contributed by atoms with Crippen LogP contribution in [0.4, 0.5) is 5.69 Å². The third-order valence-corrected chi connectivity index (χ3v) is 2.19. The Morgan fingerprint density at radius 2 is 1.92 bits per heavy atom. The average molecular weight is 182 g/mol.